The zero-order chi connectivity index (χ0) is 12.3. The van der Waals surface area contributed by atoms with Gasteiger partial charge in [0.2, 0.25) is 0 Å². The van der Waals surface area contributed by atoms with Crippen LogP contribution in [-0.4, -0.2) is 6.18 Å². The molecule has 0 aliphatic heterocycles. The molecule has 0 aliphatic carbocycles. The summed E-state index contributed by atoms with van der Waals surface area (Å²) in [5.41, 5.74) is 5.66. The number of benzene rings is 1. The Balaban J connectivity index is 0.00000256. The molecule has 0 aromatic heterocycles. The van der Waals surface area contributed by atoms with E-state index >= 15 is 0 Å². The van der Waals surface area contributed by atoms with Gasteiger partial charge in [-0.3, -0.25) is 0 Å². The second kappa shape index (κ2) is 6.75. The van der Waals surface area contributed by atoms with Gasteiger partial charge in [0.05, 0.1) is 0 Å². The Labute approximate surface area is 116 Å². The molecule has 0 aliphatic rings. The molecule has 0 radical (unpaired) electrons. The number of halogens is 6. The Morgan fingerprint density at radius 1 is 1.29 bits per heavy atom. The van der Waals surface area contributed by atoms with Crippen LogP contribution in [0.2, 0.25) is 0 Å². The van der Waals surface area contributed by atoms with E-state index in [4.69, 9.17) is 5.73 Å². The predicted molar refractivity (Wildman–Crippen MR) is 68.6 cm³/mol. The minimum atomic E-state index is -4.25. The minimum absolute atomic E-state index is 0. The third-order valence-corrected chi connectivity index (χ3v) is 2.77. The van der Waals surface area contributed by atoms with Crippen molar-refractivity contribution in [1.29, 1.82) is 0 Å². The number of hydrogen-bond donors (Lipinski definition) is 1. The van der Waals surface area contributed by atoms with Gasteiger partial charge in [-0.05, 0) is 47.2 Å². The first-order valence-electron chi connectivity index (χ1n) is 4.57. The summed E-state index contributed by atoms with van der Waals surface area (Å²) in [4.78, 5) is 0. The predicted octanol–water partition coefficient (Wildman–Crippen LogP) is 4.19. The monoisotopic (exact) mass is 383 g/mol. The summed E-state index contributed by atoms with van der Waals surface area (Å²) >= 11 is 1.96. The van der Waals surface area contributed by atoms with Gasteiger partial charge in [0.1, 0.15) is 5.82 Å². The molecule has 1 aromatic carbocycles. The van der Waals surface area contributed by atoms with Gasteiger partial charge in [-0.15, -0.1) is 12.4 Å². The summed E-state index contributed by atoms with van der Waals surface area (Å²) in [6.07, 6.45) is -5.56. The lowest BCUT2D eigenvalue weighted by Gasteiger charge is -2.14. The fourth-order valence-corrected chi connectivity index (χ4v) is 1.79. The molecule has 0 unspecified atom stereocenters. The molecule has 98 valence electrons. The summed E-state index contributed by atoms with van der Waals surface area (Å²) < 4.78 is 49.9. The average Bonchev–Trinajstić information content (AvgIpc) is 2.17. The Kier molecular flexibility index (Phi) is 6.71. The van der Waals surface area contributed by atoms with Crippen LogP contribution in [0.4, 0.5) is 17.6 Å². The smallest absolute Gasteiger partial charge is 0.324 e. The van der Waals surface area contributed by atoms with Gasteiger partial charge in [0.15, 0.2) is 0 Å². The maximum absolute atomic E-state index is 13.3. The number of nitrogens with two attached hydrogens (primary N) is 1. The molecule has 0 fully saturated rings. The lowest BCUT2D eigenvalue weighted by Crippen LogP contribution is -2.17. The number of alkyl halides is 3. The normalized spacial score (nSPS) is 13.1. The van der Waals surface area contributed by atoms with Crippen LogP contribution in [-0.2, 0) is 0 Å². The zero-order valence-electron chi connectivity index (χ0n) is 8.60. The van der Waals surface area contributed by atoms with Gasteiger partial charge < -0.3 is 5.73 Å². The molecule has 0 bridgehead atoms. The zero-order valence-corrected chi connectivity index (χ0v) is 11.6. The maximum atomic E-state index is 13.3. The summed E-state index contributed by atoms with van der Waals surface area (Å²) in [6, 6.07) is 3.30. The fourth-order valence-electron chi connectivity index (χ4n) is 1.27. The van der Waals surface area contributed by atoms with Crippen LogP contribution >= 0.6 is 35.0 Å². The highest BCUT2D eigenvalue weighted by molar-refractivity contribution is 14.1. The van der Waals surface area contributed by atoms with E-state index in [1.165, 1.54) is 18.2 Å². The second-order valence-electron chi connectivity index (χ2n) is 3.43. The maximum Gasteiger partial charge on any atom is 0.389 e. The van der Waals surface area contributed by atoms with E-state index in [1.807, 2.05) is 22.6 Å². The van der Waals surface area contributed by atoms with Gasteiger partial charge in [0.25, 0.3) is 0 Å². The van der Waals surface area contributed by atoms with Crippen molar-refractivity contribution in [2.24, 2.45) is 5.73 Å². The van der Waals surface area contributed by atoms with Crippen molar-refractivity contribution in [2.75, 3.05) is 0 Å². The highest BCUT2D eigenvalue weighted by atomic mass is 127. The lowest BCUT2D eigenvalue weighted by molar-refractivity contribution is -0.136. The molecule has 1 atom stereocenters. The van der Waals surface area contributed by atoms with Gasteiger partial charge >= 0.3 is 6.18 Å². The Morgan fingerprint density at radius 2 is 1.88 bits per heavy atom. The van der Waals surface area contributed by atoms with Crippen LogP contribution in [0, 0.1) is 9.39 Å². The first-order chi connectivity index (χ1) is 7.29. The van der Waals surface area contributed by atoms with E-state index in [-0.39, 0.29) is 24.4 Å². The quantitative estimate of drug-likeness (QED) is 0.615. The van der Waals surface area contributed by atoms with Crippen LogP contribution in [0.1, 0.15) is 24.4 Å². The molecule has 0 spiro atoms. The highest BCUT2D eigenvalue weighted by Crippen LogP contribution is 2.27. The molecular weight excluding hydrogens is 372 g/mol. The summed E-state index contributed by atoms with van der Waals surface area (Å²) in [6.45, 7) is 0. The van der Waals surface area contributed by atoms with Crippen LogP contribution in [0.3, 0.4) is 0 Å². The van der Waals surface area contributed by atoms with Crippen LogP contribution < -0.4 is 5.73 Å². The fraction of sp³-hybridized carbons (Fsp3) is 0.400. The van der Waals surface area contributed by atoms with Crippen molar-refractivity contribution in [3.8, 4) is 0 Å². The Hall–Kier alpha value is -0.0800. The molecule has 2 N–H and O–H groups in total. The molecule has 0 amide bonds. The van der Waals surface area contributed by atoms with Crippen LogP contribution in [0.25, 0.3) is 0 Å². The van der Waals surface area contributed by atoms with E-state index in [0.717, 1.165) is 3.57 Å². The summed E-state index contributed by atoms with van der Waals surface area (Å²) in [5, 5.41) is 0. The highest BCUT2D eigenvalue weighted by Gasteiger charge is 2.28. The largest absolute Gasteiger partial charge is 0.389 e. The minimum Gasteiger partial charge on any atom is -0.324 e. The van der Waals surface area contributed by atoms with E-state index in [0.29, 0.717) is 0 Å². The molecule has 7 heteroatoms. The van der Waals surface area contributed by atoms with Crippen LogP contribution in [0.15, 0.2) is 18.2 Å². The van der Waals surface area contributed by atoms with E-state index in [9.17, 15) is 17.6 Å². The topological polar surface area (TPSA) is 26.0 Å². The SMILES string of the molecule is Cl.N[C@@H](CCC(F)(F)F)c1cc(I)ccc1F. The Bertz CT molecular complexity index is 370. The van der Waals surface area contributed by atoms with E-state index < -0.39 is 24.5 Å². The standard InChI is InChI=1S/C10H10F4IN.ClH/c11-8-2-1-6(15)5-7(8)9(16)3-4-10(12,13)14;/h1-2,5,9H,3-4,16H2;1H/t9-;/m0./s1. The van der Waals surface area contributed by atoms with Crippen molar-refractivity contribution in [1.82, 2.24) is 0 Å². The molecule has 0 saturated carbocycles. The van der Waals surface area contributed by atoms with Crippen molar-refractivity contribution in [3.05, 3.63) is 33.1 Å². The second-order valence-corrected chi connectivity index (χ2v) is 4.67. The van der Waals surface area contributed by atoms with Gasteiger partial charge in [-0.2, -0.15) is 13.2 Å². The first-order valence-corrected chi connectivity index (χ1v) is 5.65. The summed E-state index contributed by atoms with van der Waals surface area (Å²) in [5.74, 6) is -0.560. The van der Waals surface area contributed by atoms with Gasteiger partial charge in [-0.1, -0.05) is 0 Å². The molecular formula is C10H11ClF4IN. The van der Waals surface area contributed by atoms with Gasteiger partial charge in [0, 0.05) is 21.6 Å². The van der Waals surface area contributed by atoms with Crippen LogP contribution in [0.5, 0.6) is 0 Å². The molecule has 1 rings (SSSR count). The number of rotatable bonds is 3. The molecule has 1 aromatic rings. The molecule has 0 heterocycles. The molecule has 0 saturated heterocycles. The summed E-state index contributed by atoms with van der Waals surface area (Å²) in [7, 11) is 0. The number of hydrogen-bond acceptors (Lipinski definition) is 1. The third kappa shape index (κ3) is 5.87. The van der Waals surface area contributed by atoms with E-state index in [2.05, 4.69) is 0 Å². The van der Waals surface area contributed by atoms with Crippen molar-refractivity contribution >= 4 is 35.0 Å². The van der Waals surface area contributed by atoms with Crippen molar-refractivity contribution < 1.29 is 17.6 Å². The van der Waals surface area contributed by atoms with Crippen molar-refractivity contribution in [2.45, 2.75) is 25.1 Å². The van der Waals surface area contributed by atoms with E-state index in [1.54, 1.807) is 0 Å². The molecule has 1 nitrogen and oxygen atoms in total. The first kappa shape index (κ1) is 16.9. The third-order valence-electron chi connectivity index (χ3n) is 2.10. The average molecular weight is 384 g/mol. The molecule has 17 heavy (non-hydrogen) atoms. The van der Waals surface area contributed by atoms with Gasteiger partial charge in [-0.25, -0.2) is 4.39 Å². The Morgan fingerprint density at radius 3 is 2.41 bits per heavy atom. The lowest BCUT2D eigenvalue weighted by atomic mass is 10.0. The van der Waals surface area contributed by atoms with Crippen molar-refractivity contribution in [3.63, 3.8) is 0 Å².